The van der Waals surface area contributed by atoms with Crippen LogP contribution in [0, 0.1) is 0 Å². The monoisotopic (exact) mass is 724 g/mol. The second kappa shape index (κ2) is 14.7. The van der Waals surface area contributed by atoms with Crippen LogP contribution in [0.2, 0.25) is 5.02 Å². The molecule has 2 fully saturated rings. The van der Waals surface area contributed by atoms with Gasteiger partial charge in [-0.05, 0) is 49.0 Å². The Labute approximate surface area is 289 Å². The van der Waals surface area contributed by atoms with Crippen LogP contribution in [0.3, 0.4) is 0 Å². The van der Waals surface area contributed by atoms with Crippen LogP contribution in [0.5, 0.6) is 0 Å². The molecule has 1 unspecified atom stereocenters. The number of carbonyl (C=O) groups excluding carboxylic acids is 3. The molecule has 6 rings (SSSR count). The SMILES string of the molecule is CCOC(=O)CN1CCN(C(=O)C2CN(S(=O)(=O)c3ccc4cc(Cl)ccc4c3)CCN2C(=O)c2nc3c(s2)CN(C)CC3)CC1.Cl. The van der Waals surface area contributed by atoms with Crippen LogP contribution < -0.4 is 0 Å². The van der Waals surface area contributed by atoms with Gasteiger partial charge in [0.2, 0.25) is 15.9 Å². The molecule has 0 saturated carbocycles. The average Bonchev–Trinajstić information content (AvgIpc) is 3.47. The van der Waals surface area contributed by atoms with Crippen molar-refractivity contribution in [2.24, 2.45) is 0 Å². The second-order valence-corrected chi connectivity index (χ2v) is 15.3. The summed E-state index contributed by atoms with van der Waals surface area (Å²) in [5.41, 5.74) is 0.908. The molecule has 1 aromatic heterocycles. The van der Waals surface area contributed by atoms with E-state index in [0.29, 0.717) is 49.4 Å². The number of aromatic nitrogens is 1. The van der Waals surface area contributed by atoms with E-state index in [4.69, 9.17) is 16.3 Å². The second-order valence-electron chi connectivity index (χ2n) is 11.8. The number of thiazole rings is 1. The fraction of sp³-hybridized carbons (Fsp3) is 0.484. The maximum absolute atomic E-state index is 14.1. The number of ether oxygens (including phenoxy) is 1. The number of esters is 1. The summed E-state index contributed by atoms with van der Waals surface area (Å²) < 4.78 is 34.3. The van der Waals surface area contributed by atoms with E-state index in [9.17, 15) is 22.8 Å². The summed E-state index contributed by atoms with van der Waals surface area (Å²) in [5, 5.41) is 2.42. The van der Waals surface area contributed by atoms with E-state index in [1.165, 1.54) is 20.5 Å². The highest BCUT2D eigenvalue weighted by Crippen LogP contribution is 2.29. The highest BCUT2D eigenvalue weighted by Gasteiger charge is 2.43. The topological polar surface area (TPSA) is 124 Å². The quantitative estimate of drug-likeness (QED) is 0.339. The number of piperazine rings is 2. The normalized spacial score (nSPS) is 19.7. The first kappa shape index (κ1) is 35.5. The van der Waals surface area contributed by atoms with Crippen molar-refractivity contribution in [3.8, 4) is 0 Å². The van der Waals surface area contributed by atoms with Gasteiger partial charge in [0.25, 0.3) is 5.91 Å². The minimum absolute atomic E-state index is 0. The molecule has 12 nitrogen and oxygen atoms in total. The van der Waals surface area contributed by atoms with Crippen LogP contribution in [0.15, 0.2) is 41.3 Å². The molecule has 47 heavy (non-hydrogen) atoms. The van der Waals surface area contributed by atoms with Gasteiger partial charge < -0.3 is 19.4 Å². The zero-order chi connectivity index (χ0) is 32.6. The molecule has 16 heteroatoms. The van der Waals surface area contributed by atoms with Gasteiger partial charge in [0.05, 0.1) is 23.7 Å². The first-order chi connectivity index (χ1) is 22.0. The lowest BCUT2D eigenvalue weighted by Crippen LogP contribution is -2.63. The fourth-order valence-corrected chi connectivity index (χ4v) is 9.00. The van der Waals surface area contributed by atoms with E-state index < -0.39 is 16.1 Å². The number of hydrogen-bond acceptors (Lipinski definition) is 10. The summed E-state index contributed by atoms with van der Waals surface area (Å²) >= 11 is 7.46. The summed E-state index contributed by atoms with van der Waals surface area (Å²) in [6.45, 7) is 5.27. The third kappa shape index (κ3) is 7.58. The Morgan fingerprint density at radius 3 is 2.47 bits per heavy atom. The molecular weight excluding hydrogens is 687 g/mol. The Hall–Kier alpha value is -2.85. The van der Waals surface area contributed by atoms with E-state index in [1.54, 1.807) is 48.2 Å². The van der Waals surface area contributed by atoms with Gasteiger partial charge in [0.15, 0.2) is 5.01 Å². The van der Waals surface area contributed by atoms with Crippen LogP contribution in [0.25, 0.3) is 10.8 Å². The van der Waals surface area contributed by atoms with Gasteiger partial charge in [0.1, 0.15) is 6.04 Å². The summed E-state index contributed by atoms with van der Waals surface area (Å²) in [7, 11) is -1.97. The van der Waals surface area contributed by atoms with Crippen molar-refractivity contribution in [2.45, 2.75) is 30.8 Å². The van der Waals surface area contributed by atoms with Crippen LogP contribution in [-0.2, 0) is 37.3 Å². The standard InChI is InChI=1S/C31H37ClN6O6S2.ClH/c1-3-44-28(39)20-35-10-12-36(13-11-35)30(40)26-18-37(46(42,43)24-7-5-21-16-23(32)6-4-22(21)17-24)14-15-38(26)31(41)29-33-25-8-9-34(2)19-27(25)45-29;/h4-7,16-17,26H,3,8-15,18-20H2,1-2H3;1H. The number of likely N-dealkylation sites (N-methyl/N-ethyl adjacent to an activating group) is 1. The number of hydrogen-bond donors (Lipinski definition) is 0. The number of fused-ring (bicyclic) bond motifs is 2. The van der Waals surface area contributed by atoms with Crippen molar-refractivity contribution in [1.29, 1.82) is 0 Å². The third-order valence-electron chi connectivity index (χ3n) is 8.75. The Balaban J connectivity index is 0.00000433. The van der Waals surface area contributed by atoms with E-state index in [0.717, 1.165) is 34.3 Å². The molecule has 4 heterocycles. The van der Waals surface area contributed by atoms with E-state index >= 15 is 0 Å². The summed E-state index contributed by atoms with van der Waals surface area (Å²) in [6.07, 6.45) is 0.748. The molecule has 2 amide bonds. The van der Waals surface area contributed by atoms with Gasteiger partial charge in [-0.1, -0.05) is 23.7 Å². The molecule has 2 saturated heterocycles. The number of amides is 2. The predicted octanol–water partition coefficient (Wildman–Crippen LogP) is 2.58. The zero-order valence-corrected chi connectivity index (χ0v) is 29.5. The predicted molar refractivity (Wildman–Crippen MR) is 182 cm³/mol. The summed E-state index contributed by atoms with van der Waals surface area (Å²) in [6, 6.07) is 9.08. The first-order valence-corrected chi connectivity index (χ1v) is 18.0. The lowest BCUT2D eigenvalue weighted by Gasteiger charge is -2.43. The Morgan fingerprint density at radius 1 is 1.00 bits per heavy atom. The lowest BCUT2D eigenvalue weighted by molar-refractivity contribution is -0.145. The van der Waals surface area contributed by atoms with Gasteiger partial charge in [-0.15, -0.1) is 23.7 Å². The number of carbonyl (C=O) groups is 3. The highest BCUT2D eigenvalue weighted by molar-refractivity contribution is 7.89. The molecule has 1 atom stereocenters. The molecule has 0 radical (unpaired) electrons. The van der Waals surface area contributed by atoms with E-state index in [-0.39, 0.29) is 61.3 Å². The molecular formula is C31H38Cl2N6O6S2. The number of benzene rings is 2. The van der Waals surface area contributed by atoms with Gasteiger partial charge >= 0.3 is 5.97 Å². The van der Waals surface area contributed by atoms with Crippen LogP contribution in [0.1, 0.15) is 27.3 Å². The minimum Gasteiger partial charge on any atom is -0.465 e. The van der Waals surface area contributed by atoms with Gasteiger partial charge in [-0.2, -0.15) is 4.31 Å². The maximum Gasteiger partial charge on any atom is 0.320 e. The van der Waals surface area contributed by atoms with Crippen molar-refractivity contribution in [2.75, 3.05) is 72.6 Å². The number of nitrogens with zero attached hydrogens (tertiary/aromatic N) is 6. The molecule has 3 aliphatic rings. The summed E-state index contributed by atoms with van der Waals surface area (Å²) in [5.74, 6) is -1.000. The lowest BCUT2D eigenvalue weighted by atomic mass is 10.1. The van der Waals surface area contributed by atoms with Gasteiger partial charge in [-0.25, -0.2) is 13.4 Å². The highest BCUT2D eigenvalue weighted by atomic mass is 35.5. The zero-order valence-electron chi connectivity index (χ0n) is 26.3. The molecule has 3 aliphatic heterocycles. The van der Waals surface area contributed by atoms with E-state index in [2.05, 4.69) is 9.88 Å². The molecule has 3 aromatic rings. The first-order valence-electron chi connectivity index (χ1n) is 15.4. The van der Waals surface area contributed by atoms with Crippen molar-refractivity contribution in [3.63, 3.8) is 0 Å². The Bertz CT molecular complexity index is 1760. The average molecular weight is 726 g/mol. The maximum atomic E-state index is 14.1. The van der Waals surface area contributed by atoms with Crippen molar-refractivity contribution in [1.82, 2.24) is 28.9 Å². The number of halogens is 2. The third-order valence-corrected chi connectivity index (χ3v) is 11.9. The molecule has 0 bridgehead atoms. The molecule has 2 aromatic carbocycles. The van der Waals surface area contributed by atoms with Gasteiger partial charge in [0, 0.05) is 75.2 Å². The molecule has 0 N–H and O–H groups in total. The molecule has 0 spiro atoms. The fourth-order valence-electron chi connectivity index (χ4n) is 6.20. The van der Waals surface area contributed by atoms with Crippen LogP contribution in [-0.4, -0.2) is 134 Å². The van der Waals surface area contributed by atoms with Crippen molar-refractivity contribution >= 4 is 73.9 Å². The van der Waals surface area contributed by atoms with Crippen LogP contribution in [0.4, 0.5) is 0 Å². The van der Waals surface area contributed by atoms with Gasteiger partial charge in [-0.3, -0.25) is 19.3 Å². The molecule has 254 valence electrons. The van der Waals surface area contributed by atoms with Crippen LogP contribution >= 0.6 is 35.3 Å². The van der Waals surface area contributed by atoms with E-state index in [1.807, 2.05) is 11.9 Å². The summed E-state index contributed by atoms with van der Waals surface area (Å²) in [4.78, 5) is 53.2. The Morgan fingerprint density at radius 2 is 1.72 bits per heavy atom. The van der Waals surface area contributed by atoms with Crippen molar-refractivity contribution in [3.05, 3.63) is 57.0 Å². The van der Waals surface area contributed by atoms with Crippen molar-refractivity contribution < 1.29 is 27.5 Å². The molecule has 0 aliphatic carbocycles. The minimum atomic E-state index is -4.00. The smallest absolute Gasteiger partial charge is 0.320 e. The Kier molecular flexibility index (Phi) is 11.1. The number of sulfonamides is 1. The number of rotatable bonds is 7. The largest absolute Gasteiger partial charge is 0.465 e.